The molecule has 0 aliphatic heterocycles. The van der Waals surface area contributed by atoms with E-state index in [2.05, 4.69) is 19.2 Å². The molecule has 2 rings (SSSR count). The molecule has 0 amide bonds. The average Bonchev–Trinajstić information content (AvgIpc) is 2.34. The lowest BCUT2D eigenvalue weighted by molar-refractivity contribution is 0.253. The molecule has 1 aromatic carbocycles. The summed E-state index contributed by atoms with van der Waals surface area (Å²) in [6, 6.07) is 5.30. The van der Waals surface area contributed by atoms with Gasteiger partial charge in [-0.25, -0.2) is 4.39 Å². The van der Waals surface area contributed by atoms with Crippen LogP contribution < -0.4 is 11.1 Å². The highest BCUT2D eigenvalue weighted by molar-refractivity contribution is 7.80. The Morgan fingerprint density at radius 1 is 1.37 bits per heavy atom. The molecule has 4 heteroatoms. The van der Waals surface area contributed by atoms with Crippen molar-refractivity contribution in [3.8, 4) is 0 Å². The van der Waals surface area contributed by atoms with Crippen LogP contribution >= 0.6 is 12.2 Å². The summed E-state index contributed by atoms with van der Waals surface area (Å²) in [5.41, 5.74) is 6.69. The van der Waals surface area contributed by atoms with Crippen LogP contribution in [0.4, 0.5) is 10.1 Å². The molecular weight excluding hydrogens is 259 g/mol. The molecule has 1 fully saturated rings. The normalized spacial score (nSPS) is 27.0. The van der Waals surface area contributed by atoms with E-state index in [1.165, 1.54) is 18.9 Å². The lowest BCUT2D eigenvalue weighted by Crippen LogP contribution is -2.35. The first kappa shape index (κ1) is 14.3. The third-order valence-corrected chi connectivity index (χ3v) is 4.51. The summed E-state index contributed by atoms with van der Waals surface area (Å²) in [6.07, 6.45) is 3.59. The van der Waals surface area contributed by atoms with E-state index < -0.39 is 0 Å². The fourth-order valence-electron chi connectivity index (χ4n) is 2.88. The summed E-state index contributed by atoms with van der Waals surface area (Å²) < 4.78 is 13.8. The molecular formula is C15H21FN2S. The predicted molar refractivity (Wildman–Crippen MR) is 81.9 cm³/mol. The molecule has 3 atom stereocenters. The molecule has 0 radical (unpaired) electrons. The van der Waals surface area contributed by atoms with Crippen molar-refractivity contribution in [2.75, 3.05) is 5.32 Å². The summed E-state index contributed by atoms with van der Waals surface area (Å²) >= 11 is 4.96. The van der Waals surface area contributed by atoms with Crippen molar-refractivity contribution in [3.05, 3.63) is 29.6 Å². The van der Waals surface area contributed by atoms with Gasteiger partial charge in [-0.05, 0) is 30.4 Å². The Morgan fingerprint density at radius 2 is 2.11 bits per heavy atom. The minimum Gasteiger partial charge on any atom is -0.389 e. The van der Waals surface area contributed by atoms with Crippen LogP contribution in [0.15, 0.2) is 18.2 Å². The van der Waals surface area contributed by atoms with Crippen molar-refractivity contribution in [2.45, 2.75) is 39.2 Å². The van der Waals surface area contributed by atoms with Gasteiger partial charge in [-0.1, -0.05) is 45.0 Å². The van der Waals surface area contributed by atoms with Crippen LogP contribution in [0.3, 0.4) is 0 Å². The zero-order valence-electron chi connectivity index (χ0n) is 11.4. The van der Waals surface area contributed by atoms with Gasteiger partial charge in [0.25, 0.3) is 0 Å². The Hall–Kier alpha value is -1.16. The molecule has 3 unspecified atom stereocenters. The number of benzene rings is 1. The van der Waals surface area contributed by atoms with Gasteiger partial charge < -0.3 is 11.1 Å². The van der Waals surface area contributed by atoms with Crippen LogP contribution in [0.5, 0.6) is 0 Å². The SMILES string of the molecule is CC1CCCC(Nc2cccc(F)c2C(N)=S)C1C. The van der Waals surface area contributed by atoms with Crippen LogP contribution in [0.25, 0.3) is 0 Å². The number of hydrogen-bond acceptors (Lipinski definition) is 2. The van der Waals surface area contributed by atoms with Crippen LogP contribution in [0.1, 0.15) is 38.7 Å². The highest BCUT2D eigenvalue weighted by Gasteiger charge is 2.27. The van der Waals surface area contributed by atoms with E-state index in [1.54, 1.807) is 6.07 Å². The lowest BCUT2D eigenvalue weighted by Gasteiger charge is -2.35. The Balaban J connectivity index is 2.23. The Bertz CT molecular complexity index is 475. The van der Waals surface area contributed by atoms with Gasteiger partial charge in [-0.3, -0.25) is 0 Å². The summed E-state index contributed by atoms with van der Waals surface area (Å²) in [5.74, 6) is 0.901. The Morgan fingerprint density at radius 3 is 2.79 bits per heavy atom. The molecule has 1 aliphatic carbocycles. The van der Waals surface area contributed by atoms with E-state index in [9.17, 15) is 4.39 Å². The summed E-state index contributed by atoms with van der Waals surface area (Å²) in [4.78, 5) is 0.108. The molecule has 104 valence electrons. The molecule has 0 heterocycles. The minimum atomic E-state index is -0.353. The molecule has 0 saturated heterocycles. The average molecular weight is 280 g/mol. The molecule has 3 N–H and O–H groups in total. The highest BCUT2D eigenvalue weighted by Crippen LogP contribution is 2.32. The third-order valence-electron chi connectivity index (χ3n) is 4.31. The van der Waals surface area contributed by atoms with Crippen molar-refractivity contribution in [1.29, 1.82) is 0 Å². The second-order valence-corrected chi connectivity index (χ2v) is 5.98. The number of hydrogen-bond donors (Lipinski definition) is 2. The first-order chi connectivity index (χ1) is 9.00. The first-order valence-electron chi connectivity index (χ1n) is 6.85. The summed E-state index contributed by atoms with van der Waals surface area (Å²) in [5, 5.41) is 3.44. The minimum absolute atomic E-state index is 0.108. The van der Waals surface area contributed by atoms with Gasteiger partial charge in [-0.15, -0.1) is 0 Å². The predicted octanol–water partition coefficient (Wildman–Crippen LogP) is 3.70. The van der Waals surface area contributed by atoms with Crippen molar-refractivity contribution in [1.82, 2.24) is 0 Å². The second-order valence-electron chi connectivity index (χ2n) is 5.54. The lowest BCUT2D eigenvalue weighted by atomic mass is 9.78. The topological polar surface area (TPSA) is 38.0 Å². The largest absolute Gasteiger partial charge is 0.389 e. The van der Waals surface area contributed by atoms with E-state index in [-0.39, 0.29) is 10.8 Å². The van der Waals surface area contributed by atoms with E-state index >= 15 is 0 Å². The van der Waals surface area contributed by atoms with Crippen LogP contribution in [-0.4, -0.2) is 11.0 Å². The third kappa shape index (κ3) is 3.06. The van der Waals surface area contributed by atoms with E-state index in [1.807, 2.05) is 6.07 Å². The zero-order chi connectivity index (χ0) is 14.0. The molecule has 0 spiro atoms. The van der Waals surface area contributed by atoms with E-state index in [4.69, 9.17) is 18.0 Å². The molecule has 1 aliphatic rings. The first-order valence-corrected chi connectivity index (χ1v) is 7.26. The van der Waals surface area contributed by atoms with Crippen LogP contribution in [0.2, 0.25) is 0 Å². The summed E-state index contributed by atoms with van der Waals surface area (Å²) in [6.45, 7) is 4.53. The molecule has 1 saturated carbocycles. The zero-order valence-corrected chi connectivity index (χ0v) is 12.3. The summed E-state index contributed by atoms with van der Waals surface area (Å²) in [7, 11) is 0. The maximum absolute atomic E-state index is 13.8. The van der Waals surface area contributed by atoms with Gasteiger partial charge in [0.15, 0.2) is 0 Å². The van der Waals surface area contributed by atoms with Gasteiger partial charge in [0.1, 0.15) is 10.8 Å². The standard InChI is InChI=1S/C15H21FN2S/c1-9-5-3-7-12(10(9)2)18-13-8-4-6-11(16)14(13)15(17)19/h4,6,8-10,12,18H,3,5,7H2,1-2H3,(H2,17,19). The molecule has 0 aromatic heterocycles. The van der Waals surface area contributed by atoms with Crippen molar-refractivity contribution >= 4 is 22.9 Å². The van der Waals surface area contributed by atoms with Crippen molar-refractivity contribution in [3.63, 3.8) is 0 Å². The van der Waals surface area contributed by atoms with Gasteiger partial charge >= 0.3 is 0 Å². The van der Waals surface area contributed by atoms with E-state index in [0.717, 1.165) is 12.1 Å². The second kappa shape index (κ2) is 5.87. The smallest absolute Gasteiger partial charge is 0.135 e. The van der Waals surface area contributed by atoms with Gasteiger partial charge in [-0.2, -0.15) is 0 Å². The molecule has 1 aromatic rings. The van der Waals surface area contributed by atoms with Crippen molar-refractivity contribution < 1.29 is 4.39 Å². The monoisotopic (exact) mass is 280 g/mol. The number of nitrogens with two attached hydrogens (primary N) is 1. The Kier molecular flexibility index (Phi) is 4.40. The fourth-order valence-corrected chi connectivity index (χ4v) is 3.09. The highest BCUT2D eigenvalue weighted by atomic mass is 32.1. The number of anilines is 1. The number of nitrogens with one attached hydrogen (secondary N) is 1. The van der Waals surface area contributed by atoms with Crippen LogP contribution in [-0.2, 0) is 0 Å². The maximum atomic E-state index is 13.8. The van der Waals surface area contributed by atoms with Gasteiger partial charge in [0.05, 0.1) is 5.56 Å². The molecule has 2 nitrogen and oxygen atoms in total. The van der Waals surface area contributed by atoms with Crippen LogP contribution in [0, 0.1) is 17.7 Å². The van der Waals surface area contributed by atoms with Gasteiger partial charge in [0.2, 0.25) is 0 Å². The molecule has 19 heavy (non-hydrogen) atoms. The van der Waals surface area contributed by atoms with Gasteiger partial charge in [0, 0.05) is 11.7 Å². The van der Waals surface area contributed by atoms with E-state index in [0.29, 0.717) is 23.4 Å². The quantitative estimate of drug-likeness (QED) is 0.829. The number of thiocarbonyl (C=S) groups is 1. The number of halogens is 1. The Labute approximate surface area is 119 Å². The fraction of sp³-hybridized carbons (Fsp3) is 0.533. The number of rotatable bonds is 3. The molecule has 0 bridgehead atoms. The maximum Gasteiger partial charge on any atom is 0.135 e. The van der Waals surface area contributed by atoms with Crippen molar-refractivity contribution in [2.24, 2.45) is 17.6 Å².